The van der Waals surface area contributed by atoms with E-state index in [1.165, 1.54) is 13.2 Å². The lowest BCUT2D eigenvalue weighted by molar-refractivity contribution is -0.112. The van der Waals surface area contributed by atoms with Crippen molar-refractivity contribution in [2.45, 2.75) is 77.1 Å². The smallest absolute Gasteiger partial charge is 0.405 e. The Bertz CT molecular complexity index is 993. The number of carbonyl (C=O) groups is 2. The summed E-state index contributed by atoms with van der Waals surface area (Å²) < 4.78 is 16.6. The summed E-state index contributed by atoms with van der Waals surface area (Å²) in [6, 6.07) is 1.32. The van der Waals surface area contributed by atoms with E-state index in [-0.39, 0.29) is 33.9 Å². The maximum absolute atomic E-state index is 12.8. The quantitative estimate of drug-likeness (QED) is 0.248. The van der Waals surface area contributed by atoms with Gasteiger partial charge in [-0.1, -0.05) is 23.8 Å². The molecule has 0 saturated carbocycles. The number of hydrogen-bond donors (Lipinski definition) is 4. The van der Waals surface area contributed by atoms with Crippen molar-refractivity contribution in [3.8, 4) is 11.5 Å². The Hall–Kier alpha value is -2.75. The SMILES string of the molecule is COC1CC/C=C(\C)C(OC(N)=O)C(OC)CC/C=C(\C)C(=O)Nc2cc(Cl)c(O)c(c2O)CCC1. The zero-order chi connectivity index (χ0) is 26.8. The Morgan fingerprint density at radius 1 is 1.08 bits per heavy atom. The predicted octanol–water partition coefficient (Wildman–Crippen LogP) is 4.97. The fourth-order valence-corrected chi connectivity index (χ4v) is 4.49. The number of methoxy groups -OCH3 is 2. The molecule has 2 bridgehead atoms. The number of halogens is 1. The predicted molar refractivity (Wildman–Crippen MR) is 138 cm³/mol. The van der Waals surface area contributed by atoms with Crippen molar-refractivity contribution in [3.05, 3.63) is 40.0 Å². The Kier molecular flexibility index (Phi) is 11.6. The zero-order valence-electron chi connectivity index (χ0n) is 21.3. The zero-order valence-corrected chi connectivity index (χ0v) is 22.1. The lowest BCUT2D eigenvalue weighted by atomic mass is 9.98. The van der Waals surface area contributed by atoms with Crippen LogP contribution in [0.25, 0.3) is 0 Å². The van der Waals surface area contributed by atoms with Gasteiger partial charge >= 0.3 is 6.09 Å². The third kappa shape index (κ3) is 8.15. The molecular formula is C26H37ClN2O7. The first-order valence-corrected chi connectivity index (χ1v) is 12.4. The van der Waals surface area contributed by atoms with Crippen molar-refractivity contribution in [3.63, 3.8) is 0 Å². The first kappa shape index (κ1) is 29.5. The Labute approximate surface area is 217 Å². The van der Waals surface area contributed by atoms with Gasteiger partial charge in [0.15, 0.2) is 6.10 Å². The molecule has 200 valence electrons. The topological polar surface area (TPSA) is 140 Å². The fraction of sp³-hybridized carbons (Fsp3) is 0.538. The van der Waals surface area contributed by atoms with Crippen LogP contribution >= 0.6 is 11.6 Å². The monoisotopic (exact) mass is 524 g/mol. The maximum atomic E-state index is 12.8. The van der Waals surface area contributed by atoms with E-state index >= 15 is 0 Å². The van der Waals surface area contributed by atoms with E-state index in [1.54, 1.807) is 20.1 Å². The number of aromatic hydroxyl groups is 2. The summed E-state index contributed by atoms with van der Waals surface area (Å²) in [4.78, 5) is 24.3. The molecule has 5 N–H and O–H groups in total. The molecular weight excluding hydrogens is 488 g/mol. The molecule has 1 heterocycles. The number of hydrogen-bond acceptors (Lipinski definition) is 7. The van der Waals surface area contributed by atoms with Gasteiger partial charge < -0.3 is 35.5 Å². The van der Waals surface area contributed by atoms with Gasteiger partial charge in [-0.05, 0) is 70.4 Å². The summed E-state index contributed by atoms with van der Waals surface area (Å²) >= 11 is 6.18. The van der Waals surface area contributed by atoms with Crippen LogP contribution in [0.2, 0.25) is 5.02 Å². The molecule has 36 heavy (non-hydrogen) atoms. The third-order valence-corrected chi connectivity index (χ3v) is 6.69. The summed E-state index contributed by atoms with van der Waals surface area (Å²) in [5, 5.41) is 23.9. The summed E-state index contributed by atoms with van der Waals surface area (Å²) in [7, 11) is 3.16. The number of phenols is 2. The van der Waals surface area contributed by atoms with Crippen molar-refractivity contribution in [1.82, 2.24) is 0 Å². The van der Waals surface area contributed by atoms with Crippen molar-refractivity contribution in [2.75, 3.05) is 19.5 Å². The molecule has 1 aliphatic rings. The highest BCUT2D eigenvalue weighted by molar-refractivity contribution is 6.32. The summed E-state index contributed by atoms with van der Waals surface area (Å²) in [5.74, 6) is -0.844. The van der Waals surface area contributed by atoms with Gasteiger partial charge in [0.1, 0.15) is 11.5 Å². The average molecular weight is 525 g/mol. The molecule has 3 atom stereocenters. The second-order valence-corrected chi connectivity index (χ2v) is 9.31. The number of primary amides is 1. The van der Waals surface area contributed by atoms with Gasteiger partial charge in [0, 0.05) is 25.4 Å². The van der Waals surface area contributed by atoms with Crippen molar-refractivity contribution < 1.29 is 34.0 Å². The molecule has 1 aromatic rings. The molecule has 0 saturated heterocycles. The molecule has 0 aromatic heterocycles. The number of ether oxygens (including phenoxy) is 3. The van der Waals surface area contributed by atoms with Gasteiger partial charge in [-0.3, -0.25) is 4.79 Å². The van der Waals surface area contributed by atoms with E-state index in [2.05, 4.69) is 5.32 Å². The number of carbonyl (C=O) groups excluding carboxylic acids is 2. The first-order chi connectivity index (χ1) is 17.1. The highest BCUT2D eigenvalue weighted by Crippen LogP contribution is 2.41. The number of allylic oxidation sites excluding steroid dienone is 2. The minimum atomic E-state index is -0.891. The molecule has 0 fully saturated rings. The lowest BCUT2D eigenvalue weighted by Crippen LogP contribution is -2.35. The number of amides is 2. The van der Waals surface area contributed by atoms with Crippen LogP contribution in [0.4, 0.5) is 10.5 Å². The molecule has 1 aliphatic heterocycles. The molecule has 10 heteroatoms. The minimum absolute atomic E-state index is 0.0398. The van der Waals surface area contributed by atoms with Gasteiger partial charge in [-0.2, -0.15) is 0 Å². The number of nitrogens with one attached hydrogen (secondary N) is 1. The highest BCUT2D eigenvalue weighted by Gasteiger charge is 2.26. The van der Waals surface area contributed by atoms with Gasteiger partial charge in [0.2, 0.25) is 0 Å². The number of nitrogens with two attached hydrogens (primary N) is 1. The van der Waals surface area contributed by atoms with E-state index in [1.807, 2.05) is 13.0 Å². The summed E-state index contributed by atoms with van der Waals surface area (Å²) in [5.41, 5.74) is 6.94. The highest BCUT2D eigenvalue weighted by atomic mass is 35.5. The molecule has 2 rings (SSSR count). The van der Waals surface area contributed by atoms with E-state index in [4.69, 9.17) is 31.5 Å². The first-order valence-electron chi connectivity index (χ1n) is 12.0. The molecule has 0 radical (unpaired) electrons. The minimum Gasteiger partial charge on any atom is -0.506 e. The maximum Gasteiger partial charge on any atom is 0.405 e. The Morgan fingerprint density at radius 3 is 2.42 bits per heavy atom. The molecule has 3 unspecified atom stereocenters. The standard InChI is InChI=1S/C26H37ClN2O7/c1-15-8-5-10-17(34-3)11-7-12-18-22(30)19(27)14-20(23(18)31)29-25(32)16(2)9-6-13-21(35-4)24(15)36-26(28)33/h8-9,14,17,21,24,30-31H,5-7,10-13H2,1-4H3,(H2,28,33)(H,29,32)/b15-8+,16-9+. The largest absolute Gasteiger partial charge is 0.506 e. The normalized spacial score (nSPS) is 25.7. The lowest BCUT2D eigenvalue weighted by Gasteiger charge is -2.26. The van der Waals surface area contributed by atoms with Crippen LogP contribution in [-0.4, -0.2) is 54.7 Å². The van der Waals surface area contributed by atoms with E-state index in [0.29, 0.717) is 50.5 Å². The van der Waals surface area contributed by atoms with Crippen LogP contribution in [0, 0.1) is 0 Å². The van der Waals surface area contributed by atoms with Crippen molar-refractivity contribution >= 4 is 29.3 Å². The number of rotatable bonds is 3. The van der Waals surface area contributed by atoms with Gasteiger partial charge in [0.25, 0.3) is 5.91 Å². The molecule has 1 aromatic carbocycles. The van der Waals surface area contributed by atoms with Crippen LogP contribution in [0.5, 0.6) is 11.5 Å². The average Bonchev–Trinajstić information content (AvgIpc) is 2.83. The van der Waals surface area contributed by atoms with Crippen molar-refractivity contribution in [2.24, 2.45) is 5.73 Å². The number of fused-ring (bicyclic) bond motifs is 2. The van der Waals surface area contributed by atoms with Crippen LogP contribution in [0.15, 0.2) is 29.4 Å². The molecule has 0 aliphatic carbocycles. The van der Waals surface area contributed by atoms with Gasteiger partial charge in [-0.25, -0.2) is 4.79 Å². The Balaban J connectivity index is 2.40. The van der Waals surface area contributed by atoms with Crippen LogP contribution in [0.1, 0.15) is 57.9 Å². The van der Waals surface area contributed by atoms with Crippen LogP contribution in [-0.2, 0) is 25.4 Å². The molecule has 9 nitrogen and oxygen atoms in total. The van der Waals surface area contributed by atoms with Crippen LogP contribution < -0.4 is 11.1 Å². The second kappa shape index (κ2) is 14.1. The van der Waals surface area contributed by atoms with Gasteiger partial charge in [0.05, 0.1) is 22.9 Å². The van der Waals surface area contributed by atoms with Gasteiger partial charge in [-0.15, -0.1) is 0 Å². The second-order valence-electron chi connectivity index (χ2n) is 8.91. The summed E-state index contributed by atoms with van der Waals surface area (Å²) in [6.07, 6.45) is 5.55. The van der Waals surface area contributed by atoms with Crippen molar-refractivity contribution in [1.29, 1.82) is 0 Å². The number of benzene rings is 1. The van der Waals surface area contributed by atoms with Crippen LogP contribution in [0.3, 0.4) is 0 Å². The number of anilines is 1. The summed E-state index contributed by atoms with van der Waals surface area (Å²) in [6.45, 7) is 3.51. The Morgan fingerprint density at radius 2 is 1.78 bits per heavy atom. The van der Waals surface area contributed by atoms with E-state index in [9.17, 15) is 19.8 Å². The molecule has 0 spiro atoms. The molecule has 2 amide bonds. The fourth-order valence-electron chi connectivity index (χ4n) is 4.27. The van der Waals surface area contributed by atoms with E-state index < -0.39 is 24.2 Å². The number of phenolic OH excluding ortho intramolecular Hbond substituents is 2. The van der Waals surface area contributed by atoms with E-state index in [0.717, 1.165) is 5.57 Å². The third-order valence-electron chi connectivity index (χ3n) is 6.41.